The molecule has 0 aliphatic rings. The van der Waals surface area contributed by atoms with Crippen LogP contribution < -0.4 is 10.2 Å². The number of alkyl halides is 3. The van der Waals surface area contributed by atoms with Gasteiger partial charge in [-0.05, 0) is 29.8 Å². The molecule has 0 spiro atoms. The van der Waals surface area contributed by atoms with Gasteiger partial charge in [0.05, 0.1) is 22.1 Å². The second kappa shape index (κ2) is 9.02. The van der Waals surface area contributed by atoms with Gasteiger partial charge in [0.1, 0.15) is 17.2 Å². The first-order chi connectivity index (χ1) is 14.2. The van der Waals surface area contributed by atoms with Gasteiger partial charge < -0.3 is 4.74 Å². The summed E-state index contributed by atoms with van der Waals surface area (Å²) in [6, 6.07) is 15.5. The number of nitro groups is 1. The van der Waals surface area contributed by atoms with Gasteiger partial charge >= 0.3 is 6.18 Å². The van der Waals surface area contributed by atoms with E-state index < -0.39 is 16.7 Å². The third-order valence-corrected chi connectivity index (χ3v) is 4.21. The fraction of sp³-hybridized carbons (Fsp3) is 0.100. The smallest absolute Gasteiger partial charge is 0.416 e. The van der Waals surface area contributed by atoms with Crippen molar-refractivity contribution in [3.8, 4) is 11.5 Å². The van der Waals surface area contributed by atoms with Crippen LogP contribution in [-0.2, 0) is 17.6 Å². The summed E-state index contributed by atoms with van der Waals surface area (Å²) in [6.07, 6.45) is -4.54. The summed E-state index contributed by atoms with van der Waals surface area (Å²) in [5, 5.41) is 11.0. The van der Waals surface area contributed by atoms with Crippen LogP contribution in [-0.4, -0.2) is 4.92 Å². The van der Waals surface area contributed by atoms with Gasteiger partial charge in [-0.2, -0.15) is 13.2 Å². The average Bonchev–Trinajstić information content (AvgIpc) is 2.69. The number of ether oxygens (including phenoxy) is 1. The Hall–Kier alpha value is -3.30. The molecule has 3 aromatic carbocycles. The van der Waals surface area contributed by atoms with Crippen molar-refractivity contribution < 1.29 is 27.7 Å². The van der Waals surface area contributed by atoms with Crippen LogP contribution in [0.3, 0.4) is 0 Å². The van der Waals surface area contributed by atoms with E-state index in [-0.39, 0.29) is 34.5 Å². The first kappa shape index (κ1) is 21.4. The minimum atomic E-state index is -4.54. The zero-order valence-corrected chi connectivity index (χ0v) is 15.9. The topological polar surface area (TPSA) is 73.6 Å². The Balaban J connectivity index is 1.77. The number of anilines is 1. The molecule has 0 saturated carbocycles. The highest BCUT2D eigenvalue weighted by Crippen LogP contribution is 2.38. The van der Waals surface area contributed by atoms with Gasteiger partial charge in [0.25, 0.3) is 5.69 Å². The average molecular weight is 439 g/mol. The Kier molecular flexibility index (Phi) is 6.43. The Morgan fingerprint density at radius 3 is 2.40 bits per heavy atom. The lowest BCUT2D eigenvalue weighted by atomic mass is 10.2. The summed E-state index contributed by atoms with van der Waals surface area (Å²) in [5.74, 6) is 0.0859. The summed E-state index contributed by atoms with van der Waals surface area (Å²) in [7, 11) is 0. The molecule has 0 bridgehead atoms. The van der Waals surface area contributed by atoms with E-state index in [0.717, 1.165) is 23.8 Å². The third kappa shape index (κ3) is 5.40. The van der Waals surface area contributed by atoms with Crippen molar-refractivity contribution in [2.75, 3.05) is 5.48 Å². The lowest BCUT2D eigenvalue weighted by Crippen LogP contribution is -2.05. The highest BCUT2D eigenvalue weighted by molar-refractivity contribution is 6.32. The molecule has 3 rings (SSSR count). The van der Waals surface area contributed by atoms with Crippen LogP contribution in [0, 0.1) is 10.1 Å². The predicted molar refractivity (Wildman–Crippen MR) is 104 cm³/mol. The number of hydrogen-bond acceptors (Lipinski definition) is 5. The maximum Gasteiger partial charge on any atom is 0.416 e. The van der Waals surface area contributed by atoms with Gasteiger partial charge in [-0.15, -0.1) is 0 Å². The van der Waals surface area contributed by atoms with Crippen molar-refractivity contribution in [3.63, 3.8) is 0 Å². The summed E-state index contributed by atoms with van der Waals surface area (Å²) >= 11 is 5.88. The van der Waals surface area contributed by atoms with Crippen LogP contribution >= 0.6 is 11.6 Å². The monoisotopic (exact) mass is 438 g/mol. The quantitative estimate of drug-likeness (QED) is 0.332. The molecule has 6 nitrogen and oxygen atoms in total. The van der Waals surface area contributed by atoms with Crippen molar-refractivity contribution in [1.29, 1.82) is 0 Å². The predicted octanol–water partition coefficient (Wildman–Crippen LogP) is 6.60. The van der Waals surface area contributed by atoms with E-state index in [1.54, 1.807) is 0 Å². The molecule has 30 heavy (non-hydrogen) atoms. The van der Waals surface area contributed by atoms with Crippen LogP contribution in [0.2, 0.25) is 5.02 Å². The van der Waals surface area contributed by atoms with Crippen molar-refractivity contribution >= 4 is 23.0 Å². The van der Waals surface area contributed by atoms with Gasteiger partial charge in [-0.3, -0.25) is 20.4 Å². The second-order valence-electron chi connectivity index (χ2n) is 6.06. The summed E-state index contributed by atoms with van der Waals surface area (Å²) < 4.78 is 43.8. The van der Waals surface area contributed by atoms with E-state index in [2.05, 4.69) is 5.48 Å². The van der Waals surface area contributed by atoms with Crippen molar-refractivity contribution in [3.05, 3.63) is 93.0 Å². The van der Waals surface area contributed by atoms with Crippen LogP contribution in [0.4, 0.5) is 24.5 Å². The summed E-state index contributed by atoms with van der Waals surface area (Å²) in [5.41, 5.74) is 2.18. The van der Waals surface area contributed by atoms with Crippen LogP contribution in [0.5, 0.6) is 11.5 Å². The van der Waals surface area contributed by atoms with Crippen molar-refractivity contribution in [2.24, 2.45) is 0 Å². The zero-order chi connectivity index (χ0) is 21.7. The largest absolute Gasteiger partial charge is 0.456 e. The Morgan fingerprint density at radius 1 is 1.03 bits per heavy atom. The number of nitro benzene ring substituents is 1. The number of benzene rings is 3. The minimum Gasteiger partial charge on any atom is -0.456 e. The SMILES string of the molecule is O=[N+]([O-])c1ccc(Oc2ccc(C(F)(F)F)cc2Cl)cc1NOCc1ccccc1. The lowest BCUT2D eigenvalue weighted by Gasteiger charge is -2.13. The molecule has 0 saturated heterocycles. The molecule has 0 aliphatic carbocycles. The molecule has 0 fully saturated rings. The standard InChI is InChI=1S/C20H14ClF3N2O4/c21-16-10-14(20(22,23)24)6-9-19(16)30-15-7-8-18(26(27)28)17(11-15)25-29-12-13-4-2-1-3-5-13/h1-11,25H,12H2. The molecule has 10 heteroatoms. The van der Waals surface area contributed by atoms with E-state index in [1.807, 2.05) is 30.3 Å². The van der Waals surface area contributed by atoms with Crippen LogP contribution in [0.1, 0.15) is 11.1 Å². The summed E-state index contributed by atoms with van der Waals surface area (Å²) in [6.45, 7) is 0.147. The normalized spacial score (nSPS) is 11.2. The molecule has 0 radical (unpaired) electrons. The molecule has 0 amide bonds. The third-order valence-electron chi connectivity index (χ3n) is 3.92. The Bertz CT molecular complexity index is 1050. The van der Waals surface area contributed by atoms with E-state index in [1.165, 1.54) is 18.2 Å². The number of halogens is 4. The molecule has 3 aromatic rings. The van der Waals surface area contributed by atoms with Gasteiger partial charge in [0, 0.05) is 12.1 Å². The van der Waals surface area contributed by atoms with E-state index in [0.29, 0.717) is 0 Å². The van der Waals surface area contributed by atoms with E-state index >= 15 is 0 Å². The molecule has 156 valence electrons. The number of hydrogen-bond donors (Lipinski definition) is 1. The number of nitrogens with zero attached hydrogens (tertiary/aromatic N) is 1. The first-order valence-electron chi connectivity index (χ1n) is 8.49. The van der Waals surface area contributed by atoms with Crippen molar-refractivity contribution in [2.45, 2.75) is 12.8 Å². The molecular formula is C20H14ClF3N2O4. The lowest BCUT2D eigenvalue weighted by molar-refractivity contribution is -0.384. The van der Waals surface area contributed by atoms with Gasteiger partial charge in [-0.1, -0.05) is 41.9 Å². The molecule has 0 heterocycles. The first-order valence-corrected chi connectivity index (χ1v) is 8.86. The minimum absolute atomic E-state index is 0.0106. The molecule has 0 atom stereocenters. The highest BCUT2D eigenvalue weighted by Gasteiger charge is 2.31. The molecule has 1 N–H and O–H groups in total. The van der Waals surface area contributed by atoms with Gasteiger partial charge in [-0.25, -0.2) is 0 Å². The Labute approximate surface area is 173 Å². The van der Waals surface area contributed by atoms with E-state index in [9.17, 15) is 23.3 Å². The van der Waals surface area contributed by atoms with Crippen LogP contribution in [0.25, 0.3) is 0 Å². The number of rotatable bonds is 7. The van der Waals surface area contributed by atoms with Crippen LogP contribution in [0.15, 0.2) is 66.7 Å². The van der Waals surface area contributed by atoms with E-state index in [4.69, 9.17) is 21.2 Å². The fourth-order valence-electron chi connectivity index (χ4n) is 2.48. The molecule has 0 aromatic heterocycles. The summed E-state index contributed by atoms with van der Waals surface area (Å²) in [4.78, 5) is 16.0. The molecule has 0 unspecified atom stereocenters. The molecule has 0 aliphatic heterocycles. The van der Waals surface area contributed by atoms with Gasteiger partial charge in [0.2, 0.25) is 0 Å². The second-order valence-corrected chi connectivity index (χ2v) is 6.46. The maximum absolute atomic E-state index is 12.8. The molecular weight excluding hydrogens is 425 g/mol. The number of nitrogens with one attached hydrogen (secondary N) is 1. The maximum atomic E-state index is 12.8. The highest BCUT2D eigenvalue weighted by atomic mass is 35.5. The van der Waals surface area contributed by atoms with Gasteiger partial charge in [0.15, 0.2) is 0 Å². The fourth-order valence-corrected chi connectivity index (χ4v) is 2.70. The zero-order valence-electron chi connectivity index (χ0n) is 15.2. The Morgan fingerprint density at radius 2 is 1.77 bits per heavy atom. The van der Waals surface area contributed by atoms with Crippen molar-refractivity contribution in [1.82, 2.24) is 0 Å².